The molecule has 0 spiro atoms. The van der Waals surface area contributed by atoms with E-state index in [2.05, 4.69) is 9.97 Å². The van der Waals surface area contributed by atoms with E-state index in [-0.39, 0.29) is 0 Å². The third kappa shape index (κ3) is 3.43. The number of aromatic nitrogens is 2. The molecule has 0 aliphatic heterocycles. The molecule has 2 aromatic carbocycles. The monoisotopic (exact) mass is 303 g/mol. The molecule has 23 heavy (non-hydrogen) atoms. The Hall–Kier alpha value is -3.01. The summed E-state index contributed by atoms with van der Waals surface area (Å²) in [5.41, 5.74) is 3.44. The summed E-state index contributed by atoms with van der Waals surface area (Å²) >= 11 is 0. The molecule has 0 aliphatic rings. The van der Waals surface area contributed by atoms with Crippen molar-refractivity contribution in [2.45, 2.75) is 6.92 Å². The molecule has 1 heterocycles. The first-order valence-corrected chi connectivity index (χ1v) is 7.34. The van der Waals surface area contributed by atoms with Gasteiger partial charge in [0.05, 0.1) is 7.11 Å². The van der Waals surface area contributed by atoms with Crippen molar-refractivity contribution in [2.24, 2.45) is 4.99 Å². The van der Waals surface area contributed by atoms with Crippen LogP contribution in [0.1, 0.15) is 17.0 Å². The molecule has 0 atom stereocenters. The minimum absolute atomic E-state index is 0.590. The van der Waals surface area contributed by atoms with Crippen LogP contribution in [0.2, 0.25) is 0 Å². The molecule has 4 heteroatoms. The van der Waals surface area contributed by atoms with E-state index in [0.717, 1.165) is 22.5 Å². The smallest absolute Gasteiger partial charge is 0.178 e. The number of rotatable bonds is 4. The first-order chi connectivity index (χ1) is 11.3. The van der Waals surface area contributed by atoms with Crippen molar-refractivity contribution < 1.29 is 4.74 Å². The molecule has 0 unspecified atom stereocenters. The molecule has 0 radical (unpaired) electrons. The molecule has 114 valence electrons. The van der Waals surface area contributed by atoms with Crippen LogP contribution >= 0.6 is 0 Å². The van der Waals surface area contributed by atoms with Crippen LogP contribution in [-0.2, 0) is 0 Å². The van der Waals surface area contributed by atoms with Crippen LogP contribution in [0.5, 0.6) is 5.75 Å². The van der Waals surface area contributed by atoms with Gasteiger partial charge in [-0.25, -0.2) is 15.0 Å². The van der Waals surface area contributed by atoms with E-state index in [1.165, 1.54) is 0 Å². The van der Waals surface area contributed by atoms with Crippen LogP contribution in [0.4, 0.5) is 5.69 Å². The van der Waals surface area contributed by atoms with Gasteiger partial charge in [0.25, 0.3) is 0 Å². The number of hydrogen-bond acceptors (Lipinski definition) is 4. The highest BCUT2D eigenvalue weighted by atomic mass is 16.5. The van der Waals surface area contributed by atoms with E-state index in [1.54, 1.807) is 19.5 Å². The fourth-order valence-electron chi connectivity index (χ4n) is 2.20. The Morgan fingerprint density at radius 3 is 2.26 bits per heavy atom. The highest BCUT2D eigenvalue weighted by Gasteiger charge is 2.11. The van der Waals surface area contributed by atoms with E-state index < -0.39 is 0 Å². The molecule has 3 rings (SSSR count). The molecular weight excluding hydrogens is 286 g/mol. The zero-order chi connectivity index (χ0) is 16.1. The number of methoxy groups -OCH3 is 1. The normalized spacial score (nSPS) is 11.3. The van der Waals surface area contributed by atoms with Gasteiger partial charge in [-0.2, -0.15) is 0 Å². The van der Waals surface area contributed by atoms with Crippen molar-refractivity contribution in [3.8, 4) is 5.75 Å². The van der Waals surface area contributed by atoms with E-state index in [1.807, 2.05) is 61.5 Å². The van der Waals surface area contributed by atoms with Gasteiger partial charge < -0.3 is 4.74 Å². The SMILES string of the molecule is COc1ccccc1N=C(c1ccccc1)c1ncc(C)cn1. The van der Waals surface area contributed by atoms with Gasteiger partial charge in [0.1, 0.15) is 17.1 Å². The predicted molar refractivity (Wildman–Crippen MR) is 91.5 cm³/mol. The van der Waals surface area contributed by atoms with Crippen molar-refractivity contribution in [3.63, 3.8) is 0 Å². The molecule has 0 saturated carbocycles. The van der Waals surface area contributed by atoms with Crippen LogP contribution in [0, 0.1) is 6.92 Å². The highest BCUT2D eigenvalue weighted by Crippen LogP contribution is 2.27. The molecular formula is C19H17N3O. The maximum absolute atomic E-state index is 5.39. The summed E-state index contributed by atoms with van der Waals surface area (Å²) in [7, 11) is 1.64. The third-order valence-electron chi connectivity index (χ3n) is 3.36. The molecule has 0 N–H and O–H groups in total. The Bertz CT molecular complexity index is 812. The van der Waals surface area contributed by atoms with Crippen LogP contribution in [0.25, 0.3) is 0 Å². The molecule has 0 saturated heterocycles. The second kappa shape index (κ2) is 6.83. The lowest BCUT2D eigenvalue weighted by Gasteiger charge is -2.08. The quantitative estimate of drug-likeness (QED) is 0.685. The number of para-hydroxylation sites is 2. The largest absolute Gasteiger partial charge is 0.494 e. The predicted octanol–water partition coefficient (Wildman–Crippen LogP) is 3.96. The Kier molecular flexibility index (Phi) is 4.43. The van der Waals surface area contributed by atoms with Gasteiger partial charge in [0.15, 0.2) is 5.82 Å². The van der Waals surface area contributed by atoms with Crippen LogP contribution < -0.4 is 4.74 Å². The lowest BCUT2D eigenvalue weighted by atomic mass is 10.1. The van der Waals surface area contributed by atoms with Gasteiger partial charge in [-0.15, -0.1) is 0 Å². The summed E-state index contributed by atoms with van der Waals surface area (Å²) in [4.78, 5) is 13.6. The zero-order valence-corrected chi connectivity index (χ0v) is 13.1. The molecule has 0 fully saturated rings. The lowest BCUT2D eigenvalue weighted by molar-refractivity contribution is 0.416. The van der Waals surface area contributed by atoms with Crippen molar-refractivity contribution in [1.82, 2.24) is 9.97 Å². The molecule has 0 amide bonds. The van der Waals surface area contributed by atoms with Crippen LogP contribution in [0.15, 0.2) is 72.0 Å². The van der Waals surface area contributed by atoms with Crippen molar-refractivity contribution in [2.75, 3.05) is 7.11 Å². The summed E-state index contributed by atoms with van der Waals surface area (Å²) in [6.45, 7) is 1.96. The van der Waals surface area contributed by atoms with Crippen LogP contribution in [0.3, 0.4) is 0 Å². The summed E-state index contributed by atoms with van der Waals surface area (Å²) in [5, 5.41) is 0. The van der Waals surface area contributed by atoms with Gasteiger partial charge in [-0.05, 0) is 24.6 Å². The summed E-state index contributed by atoms with van der Waals surface area (Å²) in [6.07, 6.45) is 3.59. The number of nitrogens with zero attached hydrogens (tertiary/aromatic N) is 3. The summed E-state index contributed by atoms with van der Waals surface area (Å²) in [6, 6.07) is 17.6. The average Bonchev–Trinajstić information content (AvgIpc) is 2.61. The Labute approximate surface area is 135 Å². The number of aryl methyl sites for hydroxylation is 1. The molecule has 0 aliphatic carbocycles. The number of benzene rings is 2. The number of hydrogen-bond donors (Lipinski definition) is 0. The first kappa shape index (κ1) is 14.9. The van der Waals surface area contributed by atoms with E-state index >= 15 is 0 Å². The van der Waals surface area contributed by atoms with Crippen molar-refractivity contribution >= 4 is 11.4 Å². The van der Waals surface area contributed by atoms with E-state index in [9.17, 15) is 0 Å². The van der Waals surface area contributed by atoms with E-state index in [4.69, 9.17) is 9.73 Å². The van der Waals surface area contributed by atoms with Crippen molar-refractivity contribution in [3.05, 3.63) is 83.9 Å². The van der Waals surface area contributed by atoms with Crippen molar-refractivity contribution in [1.29, 1.82) is 0 Å². The maximum atomic E-state index is 5.39. The molecule has 4 nitrogen and oxygen atoms in total. The van der Waals surface area contributed by atoms with E-state index in [0.29, 0.717) is 11.6 Å². The number of ether oxygens (including phenoxy) is 1. The standard InChI is InChI=1S/C19H17N3O/c1-14-12-20-19(21-13-14)18(15-8-4-3-5-9-15)22-16-10-6-7-11-17(16)23-2/h3-13H,1-2H3. The second-order valence-corrected chi connectivity index (χ2v) is 5.08. The zero-order valence-electron chi connectivity index (χ0n) is 13.1. The number of aliphatic imine (C=N–C) groups is 1. The molecule has 3 aromatic rings. The summed E-state index contributed by atoms with van der Waals surface area (Å²) < 4.78 is 5.39. The average molecular weight is 303 g/mol. The Morgan fingerprint density at radius 1 is 0.913 bits per heavy atom. The molecule has 1 aromatic heterocycles. The highest BCUT2D eigenvalue weighted by molar-refractivity contribution is 6.11. The Balaban J connectivity index is 2.16. The maximum Gasteiger partial charge on any atom is 0.178 e. The first-order valence-electron chi connectivity index (χ1n) is 7.34. The topological polar surface area (TPSA) is 47.4 Å². The minimum atomic E-state index is 0.590. The van der Waals surface area contributed by atoms with Gasteiger partial charge in [-0.3, -0.25) is 0 Å². The van der Waals surface area contributed by atoms with Gasteiger partial charge in [0.2, 0.25) is 0 Å². The second-order valence-electron chi connectivity index (χ2n) is 5.08. The Morgan fingerprint density at radius 2 is 1.57 bits per heavy atom. The minimum Gasteiger partial charge on any atom is -0.494 e. The fraction of sp³-hybridized carbons (Fsp3) is 0.105. The van der Waals surface area contributed by atoms with Gasteiger partial charge >= 0.3 is 0 Å². The van der Waals surface area contributed by atoms with Crippen LogP contribution in [-0.4, -0.2) is 22.8 Å². The van der Waals surface area contributed by atoms with Gasteiger partial charge in [-0.1, -0.05) is 42.5 Å². The fourth-order valence-corrected chi connectivity index (χ4v) is 2.20. The van der Waals surface area contributed by atoms with Gasteiger partial charge in [0, 0.05) is 18.0 Å². The third-order valence-corrected chi connectivity index (χ3v) is 3.36. The summed E-state index contributed by atoms with van der Waals surface area (Å²) in [5.74, 6) is 1.31. The molecule has 0 bridgehead atoms. The lowest BCUT2D eigenvalue weighted by Crippen LogP contribution is -2.08.